The topological polar surface area (TPSA) is 68.8 Å². The van der Waals surface area contributed by atoms with Gasteiger partial charge in [0.1, 0.15) is 23.5 Å². The van der Waals surface area contributed by atoms with Crippen LogP contribution >= 0.6 is 15.9 Å². The van der Waals surface area contributed by atoms with Crippen molar-refractivity contribution in [1.29, 1.82) is 10.5 Å². The van der Waals surface area contributed by atoms with Crippen molar-refractivity contribution in [3.8, 4) is 17.9 Å². The number of hydrogen-bond acceptors (Lipinski definition) is 4. The Morgan fingerprint density at radius 3 is 2.69 bits per heavy atom. The van der Waals surface area contributed by atoms with Gasteiger partial charge in [0.05, 0.1) is 11.6 Å². The molecule has 0 aromatic heterocycles. The predicted octanol–water partition coefficient (Wildman–Crippen LogP) is 2.80. The smallest absolute Gasteiger partial charge is 0.145 e. The Bertz CT molecular complexity index is 481. The largest absolute Gasteiger partial charge is 0.495 e. The lowest BCUT2D eigenvalue weighted by atomic mass is 10.3. The molecule has 0 amide bonds. The molecule has 1 rings (SSSR count). The molecule has 0 saturated heterocycles. The highest BCUT2D eigenvalue weighted by molar-refractivity contribution is 9.10. The number of anilines is 1. The van der Waals surface area contributed by atoms with Gasteiger partial charge in [-0.25, -0.2) is 0 Å². The quantitative estimate of drug-likeness (QED) is 0.863. The Balaban J connectivity index is 2.88. The zero-order valence-corrected chi connectivity index (χ0v) is 10.1. The Morgan fingerprint density at radius 2 is 2.12 bits per heavy atom. The number of rotatable bonds is 3. The van der Waals surface area contributed by atoms with Crippen LogP contribution in [0.3, 0.4) is 0 Å². The summed E-state index contributed by atoms with van der Waals surface area (Å²) in [5, 5.41) is 19.9. The Morgan fingerprint density at radius 1 is 1.44 bits per heavy atom. The maximum atomic E-state index is 8.54. The summed E-state index contributed by atoms with van der Waals surface area (Å²) in [6, 6.07) is 8.89. The molecular formula is C11H8BrN3O. The molecule has 0 heterocycles. The van der Waals surface area contributed by atoms with Crippen LogP contribution in [-0.2, 0) is 0 Å². The van der Waals surface area contributed by atoms with E-state index in [1.54, 1.807) is 31.4 Å². The first-order valence-electron chi connectivity index (χ1n) is 4.31. The summed E-state index contributed by atoms with van der Waals surface area (Å²) in [6.07, 6.45) is 1.35. The van der Waals surface area contributed by atoms with E-state index in [4.69, 9.17) is 15.3 Å². The summed E-state index contributed by atoms with van der Waals surface area (Å²) in [5.74, 6) is 0.675. The molecule has 0 saturated carbocycles. The molecule has 0 bridgehead atoms. The van der Waals surface area contributed by atoms with E-state index < -0.39 is 0 Å². The first kappa shape index (κ1) is 12.1. The molecule has 16 heavy (non-hydrogen) atoms. The van der Waals surface area contributed by atoms with Gasteiger partial charge in [-0.3, -0.25) is 0 Å². The van der Waals surface area contributed by atoms with Crippen molar-refractivity contribution in [1.82, 2.24) is 0 Å². The van der Waals surface area contributed by atoms with Crippen molar-refractivity contribution in [2.24, 2.45) is 0 Å². The fourth-order valence-corrected chi connectivity index (χ4v) is 1.40. The van der Waals surface area contributed by atoms with Crippen molar-refractivity contribution in [2.75, 3.05) is 12.4 Å². The second kappa shape index (κ2) is 5.79. The minimum Gasteiger partial charge on any atom is -0.495 e. The maximum absolute atomic E-state index is 8.54. The first-order valence-corrected chi connectivity index (χ1v) is 5.11. The minimum atomic E-state index is 0.0156. The summed E-state index contributed by atoms with van der Waals surface area (Å²) >= 11 is 3.33. The van der Waals surface area contributed by atoms with Gasteiger partial charge >= 0.3 is 0 Å². The van der Waals surface area contributed by atoms with E-state index in [0.717, 1.165) is 10.2 Å². The highest BCUT2D eigenvalue weighted by Gasteiger charge is 2.00. The van der Waals surface area contributed by atoms with Gasteiger partial charge in [-0.1, -0.05) is 0 Å². The van der Waals surface area contributed by atoms with Crippen LogP contribution in [0.25, 0.3) is 0 Å². The van der Waals surface area contributed by atoms with Crippen molar-refractivity contribution in [2.45, 2.75) is 0 Å². The van der Waals surface area contributed by atoms with Crippen LogP contribution in [0.5, 0.6) is 5.75 Å². The van der Waals surface area contributed by atoms with Crippen LogP contribution in [0.1, 0.15) is 0 Å². The van der Waals surface area contributed by atoms with Crippen LogP contribution in [0.4, 0.5) is 5.69 Å². The second-order valence-electron chi connectivity index (χ2n) is 2.78. The van der Waals surface area contributed by atoms with Gasteiger partial charge in [0.25, 0.3) is 0 Å². The number of nitriles is 2. The molecule has 0 unspecified atom stereocenters. The van der Waals surface area contributed by atoms with E-state index in [1.807, 2.05) is 6.07 Å². The number of allylic oxidation sites excluding steroid dienone is 1. The molecule has 0 radical (unpaired) electrons. The van der Waals surface area contributed by atoms with Gasteiger partial charge in [0.15, 0.2) is 0 Å². The molecule has 0 aliphatic carbocycles. The average Bonchev–Trinajstić information content (AvgIpc) is 2.32. The minimum absolute atomic E-state index is 0.0156. The van der Waals surface area contributed by atoms with Crippen LogP contribution < -0.4 is 10.1 Å². The third-order valence-electron chi connectivity index (χ3n) is 1.78. The molecule has 5 heteroatoms. The van der Waals surface area contributed by atoms with Crippen molar-refractivity contribution < 1.29 is 4.74 Å². The molecule has 80 valence electrons. The van der Waals surface area contributed by atoms with Crippen molar-refractivity contribution in [3.63, 3.8) is 0 Å². The van der Waals surface area contributed by atoms with E-state index >= 15 is 0 Å². The fourth-order valence-electron chi connectivity index (χ4n) is 0.995. The first-order chi connectivity index (χ1) is 7.71. The van der Waals surface area contributed by atoms with E-state index in [1.165, 1.54) is 6.20 Å². The van der Waals surface area contributed by atoms with Gasteiger partial charge < -0.3 is 10.1 Å². The zero-order valence-electron chi connectivity index (χ0n) is 8.49. The monoisotopic (exact) mass is 277 g/mol. The van der Waals surface area contributed by atoms with E-state index in [9.17, 15) is 0 Å². The van der Waals surface area contributed by atoms with E-state index in [2.05, 4.69) is 21.2 Å². The normalized spacial score (nSPS) is 8.50. The number of halogens is 1. The number of methoxy groups -OCH3 is 1. The third kappa shape index (κ3) is 3.01. The number of hydrogen-bond donors (Lipinski definition) is 1. The molecule has 0 aliphatic heterocycles. The van der Waals surface area contributed by atoms with Crippen LogP contribution in [-0.4, -0.2) is 7.11 Å². The van der Waals surface area contributed by atoms with Crippen molar-refractivity contribution in [3.05, 3.63) is 34.4 Å². The van der Waals surface area contributed by atoms with Crippen molar-refractivity contribution >= 4 is 21.6 Å². The SMILES string of the molecule is COc1cc(NC=C(C#N)C#N)ccc1Br. The summed E-state index contributed by atoms with van der Waals surface area (Å²) in [6.45, 7) is 0. The lowest BCUT2D eigenvalue weighted by Gasteiger charge is -2.06. The van der Waals surface area contributed by atoms with Gasteiger partial charge in [-0.2, -0.15) is 10.5 Å². The zero-order chi connectivity index (χ0) is 12.0. The highest BCUT2D eigenvalue weighted by Crippen LogP contribution is 2.27. The van der Waals surface area contributed by atoms with Gasteiger partial charge in [0.2, 0.25) is 0 Å². The molecule has 1 N–H and O–H groups in total. The summed E-state index contributed by atoms with van der Waals surface area (Å²) in [4.78, 5) is 0. The van der Waals surface area contributed by atoms with Crippen LogP contribution in [0, 0.1) is 22.7 Å². The second-order valence-corrected chi connectivity index (χ2v) is 3.63. The number of ether oxygens (including phenoxy) is 1. The third-order valence-corrected chi connectivity index (χ3v) is 2.43. The average molecular weight is 278 g/mol. The standard InChI is InChI=1S/C11H8BrN3O/c1-16-11-4-9(2-3-10(11)12)15-7-8(5-13)6-14/h2-4,7,15H,1H3. The maximum Gasteiger partial charge on any atom is 0.145 e. The molecule has 0 spiro atoms. The van der Waals surface area contributed by atoms with Gasteiger partial charge in [-0.05, 0) is 28.1 Å². The molecule has 0 aliphatic rings. The van der Waals surface area contributed by atoms with Crippen LogP contribution in [0.2, 0.25) is 0 Å². The number of benzene rings is 1. The highest BCUT2D eigenvalue weighted by atomic mass is 79.9. The van der Waals surface area contributed by atoms with E-state index in [0.29, 0.717) is 5.75 Å². The lowest BCUT2D eigenvalue weighted by Crippen LogP contribution is -1.91. The number of nitrogens with zero attached hydrogens (tertiary/aromatic N) is 2. The molecular weight excluding hydrogens is 270 g/mol. The predicted molar refractivity (Wildman–Crippen MR) is 63.6 cm³/mol. The molecule has 4 nitrogen and oxygen atoms in total. The summed E-state index contributed by atoms with van der Waals surface area (Å²) in [7, 11) is 1.57. The molecule has 0 atom stereocenters. The Kier molecular flexibility index (Phi) is 4.38. The van der Waals surface area contributed by atoms with Crippen LogP contribution in [0.15, 0.2) is 34.4 Å². The lowest BCUT2D eigenvalue weighted by molar-refractivity contribution is 0.412. The Hall–Kier alpha value is -1.98. The summed E-state index contributed by atoms with van der Waals surface area (Å²) < 4.78 is 5.95. The van der Waals surface area contributed by atoms with Gasteiger partial charge in [0, 0.05) is 18.0 Å². The molecule has 1 aromatic carbocycles. The fraction of sp³-hybridized carbons (Fsp3) is 0.0909. The van der Waals surface area contributed by atoms with Gasteiger partial charge in [-0.15, -0.1) is 0 Å². The van der Waals surface area contributed by atoms with E-state index in [-0.39, 0.29) is 5.57 Å². The Labute approximate surface area is 102 Å². The molecule has 0 fully saturated rings. The summed E-state index contributed by atoms with van der Waals surface area (Å²) in [5.41, 5.74) is 0.755. The number of nitrogens with one attached hydrogen (secondary N) is 1. The molecule has 1 aromatic rings.